The van der Waals surface area contributed by atoms with E-state index >= 15 is 0 Å². The van der Waals surface area contributed by atoms with E-state index in [-0.39, 0.29) is 23.9 Å². The molecule has 3 atom stereocenters. The molecule has 4 saturated carbocycles. The molecular formula is C15H20F4O6S. The maximum atomic E-state index is 14.0. The number of aliphatic hydroxyl groups is 1. The Bertz CT molecular complexity index is 691. The third-order valence-electron chi connectivity index (χ3n) is 6.13. The van der Waals surface area contributed by atoms with E-state index in [0.29, 0.717) is 19.3 Å². The van der Waals surface area contributed by atoms with Gasteiger partial charge in [0.15, 0.2) is 0 Å². The summed E-state index contributed by atoms with van der Waals surface area (Å²) >= 11 is 0. The zero-order valence-corrected chi connectivity index (χ0v) is 14.6. The lowest BCUT2D eigenvalue weighted by molar-refractivity contribution is -0.221. The first-order valence-electron chi connectivity index (χ1n) is 8.27. The average Bonchev–Trinajstić information content (AvgIpc) is 2.48. The Kier molecular flexibility index (Phi) is 4.40. The standard InChI is InChI=1S/C15H20F4O6S/c16-14(15(17,18)19,26(22,23)24)11(21)25-8-13-4-9-1-10(5-13)3-12(2-9,6-13)7-20/h9-10,20H,1-8H2,(H,22,23,24). The molecule has 0 spiro atoms. The number of hydrogen-bond acceptors (Lipinski definition) is 5. The Labute approximate surface area is 147 Å². The summed E-state index contributed by atoms with van der Waals surface area (Å²) in [7, 11) is -6.42. The first kappa shape index (κ1) is 19.8. The molecule has 4 rings (SSSR count). The fourth-order valence-corrected chi connectivity index (χ4v) is 6.24. The summed E-state index contributed by atoms with van der Waals surface area (Å²) in [5.74, 6) is -2.20. The molecule has 0 radical (unpaired) electrons. The first-order valence-corrected chi connectivity index (χ1v) is 9.71. The highest BCUT2D eigenvalue weighted by molar-refractivity contribution is 7.88. The van der Waals surface area contributed by atoms with Crippen molar-refractivity contribution >= 4 is 16.1 Å². The van der Waals surface area contributed by atoms with Gasteiger partial charge in [-0.3, -0.25) is 4.55 Å². The van der Waals surface area contributed by atoms with E-state index in [9.17, 15) is 35.9 Å². The largest absolute Gasteiger partial charge is 0.462 e. The molecule has 0 heterocycles. The van der Waals surface area contributed by atoms with Gasteiger partial charge in [-0.25, -0.2) is 9.18 Å². The minimum absolute atomic E-state index is 0.0870. The first-order chi connectivity index (χ1) is 11.8. The van der Waals surface area contributed by atoms with E-state index < -0.39 is 39.3 Å². The van der Waals surface area contributed by atoms with Gasteiger partial charge in [0.1, 0.15) is 0 Å². The van der Waals surface area contributed by atoms with Gasteiger partial charge in [0, 0.05) is 12.0 Å². The van der Waals surface area contributed by atoms with Crippen LogP contribution in [-0.4, -0.2) is 48.4 Å². The zero-order valence-electron chi connectivity index (χ0n) is 13.8. The number of carbonyl (C=O) groups is 1. The SMILES string of the molecule is O=C(OCC12CC3CC(CC(CO)(C3)C1)C2)C(F)(C(F)(F)F)S(=O)(=O)O. The van der Waals surface area contributed by atoms with Crippen molar-refractivity contribution in [2.24, 2.45) is 22.7 Å². The molecule has 0 saturated heterocycles. The molecule has 11 heteroatoms. The van der Waals surface area contributed by atoms with Gasteiger partial charge >= 0.3 is 27.3 Å². The third-order valence-corrected chi connectivity index (χ3v) is 7.24. The fourth-order valence-electron chi connectivity index (χ4n) is 5.68. The summed E-state index contributed by atoms with van der Waals surface area (Å²) in [6, 6.07) is 0. The van der Waals surface area contributed by atoms with E-state index in [4.69, 9.17) is 4.55 Å². The van der Waals surface area contributed by atoms with Gasteiger partial charge in [-0.2, -0.15) is 21.6 Å². The normalized spacial score (nSPS) is 38.8. The summed E-state index contributed by atoms with van der Waals surface area (Å²) in [6.45, 7) is -0.659. The van der Waals surface area contributed by atoms with Crippen LogP contribution >= 0.6 is 0 Å². The molecule has 0 aromatic rings. The summed E-state index contributed by atoms with van der Waals surface area (Å²) in [6.07, 6.45) is -2.12. The molecule has 150 valence electrons. The monoisotopic (exact) mass is 404 g/mol. The predicted octanol–water partition coefficient (Wildman–Crippen LogP) is 2.22. The van der Waals surface area contributed by atoms with Crippen molar-refractivity contribution in [2.75, 3.05) is 13.2 Å². The molecule has 4 aliphatic carbocycles. The van der Waals surface area contributed by atoms with Gasteiger partial charge in [0.05, 0.1) is 6.61 Å². The van der Waals surface area contributed by atoms with Crippen LogP contribution < -0.4 is 0 Å². The van der Waals surface area contributed by atoms with E-state index in [1.807, 2.05) is 0 Å². The lowest BCUT2D eigenvalue weighted by Gasteiger charge is -2.61. The minimum atomic E-state index is -6.42. The zero-order chi connectivity index (χ0) is 19.6. The summed E-state index contributed by atoms with van der Waals surface area (Å²) in [4.78, 5) is 11.7. The van der Waals surface area contributed by atoms with Crippen LogP contribution in [0.2, 0.25) is 0 Å². The van der Waals surface area contributed by atoms with Crippen LogP contribution in [0.15, 0.2) is 0 Å². The van der Waals surface area contributed by atoms with Gasteiger partial charge in [-0.15, -0.1) is 0 Å². The van der Waals surface area contributed by atoms with Gasteiger partial charge < -0.3 is 9.84 Å². The molecule has 3 unspecified atom stereocenters. The highest BCUT2D eigenvalue weighted by Gasteiger charge is 2.73. The predicted molar refractivity (Wildman–Crippen MR) is 79.0 cm³/mol. The molecule has 6 nitrogen and oxygen atoms in total. The third kappa shape index (κ3) is 2.91. The number of alkyl halides is 4. The Hall–Kier alpha value is -0.940. The highest BCUT2D eigenvalue weighted by atomic mass is 32.2. The van der Waals surface area contributed by atoms with Crippen molar-refractivity contribution in [2.45, 2.75) is 49.7 Å². The summed E-state index contributed by atoms with van der Waals surface area (Å²) in [5, 5.41) is 4.22. The Morgan fingerprint density at radius 1 is 1.08 bits per heavy atom. The second-order valence-corrected chi connectivity index (χ2v) is 9.78. The molecule has 4 fully saturated rings. The molecule has 0 aromatic heterocycles. The molecule has 0 amide bonds. The van der Waals surface area contributed by atoms with Crippen LogP contribution in [0.25, 0.3) is 0 Å². The minimum Gasteiger partial charge on any atom is -0.462 e. The van der Waals surface area contributed by atoms with Crippen molar-refractivity contribution in [3.05, 3.63) is 0 Å². The van der Waals surface area contributed by atoms with Gasteiger partial charge in [0.2, 0.25) is 0 Å². The number of carbonyl (C=O) groups excluding carboxylic acids is 1. The number of aliphatic hydroxyl groups excluding tert-OH is 1. The van der Waals surface area contributed by atoms with Crippen molar-refractivity contribution in [3.8, 4) is 0 Å². The number of rotatable bonds is 5. The van der Waals surface area contributed by atoms with E-state index in [0.717, 1.165) is 19.3 Å². The fraction of sp³-hybridized carbons (Fsp3) is 0.933. The van der Waals surface area contributed by atoms with Gasteiger partial charge in [-0.05, 0) is 55.8 Å². The smallest absolute Gasteiger partial charge is 0.451 e. The topological polar surface area (TPSA) is 101 Å². The van der Waals surface area contributed by atoms with Crippen molar-refractivity contribution < 1.29 is 45.2 Å². The Balaban J connectivity index is 1.79. The van der Waals surface area contributed by atoms with Crippen LogP contribution in [0.4, 0.5) is 17.6 Å². The molecule has 4 aliphatic rings. The second-order valence-electron chi connectivity index (χ2n) is 8.26. The number of halogens is 4. The van der Waals surface area contributed by atoms with Crippen LogP contribution in [0.5, 0.6) is 0 Å². The molecule has 26 heavy (non-hydrogen) atoms. The Morgan fingerprint density at radius 2 is 1.58 bits per heavy atom. The van der Waals surface area contributed by atoms with Crippen LogP contribution in [-0.2, 0) is 19.6 Å². The quantitative estimate of drug-likeness (QED) is 0.414. The van der Waals surface area contributed by atoms with Gasteiger partial charge in [0.25, 0.3) is 0 Å². The van der Waals surface area contributed by atoms with E-state index in [1.165, 1.54) is 0 Å². The van der Waals surface area contributed by atoms with Crippen molar-refractivity contribution in [3.63, 3.8) is 0 Å². The van der Waals surface area contributed by atoms with E-state index in [2.05, 4.69) is 4.74 Å². The number of ether oxygens (including phenoxy) is 1. The number of hydrogen-bond donors (Lipinski definition) is 2. The molecule has 0 aromatic carbocycles. The second kappa shape index (κ2) is 5.78. The van der Waals surface area contributed by atoms with Crippen LogP contribution in [0.3, 0.4) is 0 Å². The van der Waals surface area contributed by atoms with Crippen molar-refractivity contribution in [1.29, 1.82) is 0 Å². The number of esters is 1. The van der Waals surface area contributed by atoms with Gasteiger partial charge in [-0.1, -0.05) is 0 Å². The van der Waals surface area contributed by atoms with Crippen LogP contribution in [0, 0.1) is 22.7 Å². The molecule has 0 aliphatic heterocycles. The molecular weight excluding hydrogens is 384 g/mol. The van der Waals surface area contributed by atoms with Crippen molar-refractivity contribution in [1.82, 2.24) is 0 Å². The highest BCUT2D eigenvalue weighted by Crippen LogP contribution is 2.65. The maximum Gasteiger partial charge on any atom is 0.451 e. The maximum absolute atomic E-state index is 14.0. The Morgan fingerprint density at radius 3 is 2.00 bits per heavy atom. The lowest BCUT2D eigenvalue weighted by atomic mass is 9.44. The molecule has 4 bridgehead atoms. The average molecular weight is 404 g/mol. The van der Waals surface area contributed by atoms with E-state index in [1.54, 1.807) is 0 Å². The summed E-state index contributed by atoms with van der Waals surface area (Å²) < 4.78 is 87.3. The molecule has 2 N–H and O–H groups in total. The van der Waals surface area contributed by atoms with Crippen LogP contribution in [0.1, 0.15) is 38.5 Å². The summed E-state index contributed by atoms with van der Waals surface area (Å²) in [5.41, 5.74) is -1.08. The lowest BCUT2D eigenvalue weighted by Crippen LogP contribution is -2.57.